The van der Waals surface area contributed by atoms with E-state index in [0.717, 1.165) is 82.9 Å². The van der Waals surface area contributed by atoms with Gasteiger partial charge in [-0.25, -0.2) is 0 Å². The minimum Gasteiger partial charge on any atom is -0.0992 e. The minimum atomic E-state index is 0.393. The molecule has 0 nitrogen and oxygen atoms in total. The molecule has 6 aliphatic rings. The molecule has 6 aliphatic carbocycles. The molecule has 0 N–H and O–H groups in total. The number of fused-ring (bicyclic) bond motifs is 4. The first-order chi connectivity index (χ1) is 19.1. The summed E-state index contributed by atoms with van der Waals surface area (Å²) in [5, 5.41) is 0. The van der Waals surface area contributed by atoms with Gasteiger partial charge in [0.1, 0.15) is 0 Å². The molecule has 6 rings (SSSR count). The van der Waals surface area contributed by atoms with Crippen molar-refractivity contribution >= 4 is 0 Å². The summed E-state index contributed by atoms with van der Waals surface area (Å²) in [5.74, 6) is 12.9. The van der Waals surface area contributed by atoms with E-state index in [2.05, 4.69) is 76.2 Å². The Morgan fingerprint density at radius 2 is 1.34 bits per heavy atom. The lowest BCUT2D eigenvalue weighted by molar-refractivity contribution is -0.221. The summed E-state index contributed by atoms with van der Waals surface area (Å²) >= 11 is 0. The van der Waals surface area contributed by atoms with Gasteiger partial charge in [0.05, 0.1) is 0 Å². The Bertz CT molecular complexity index is 974. The molecule has 15 unspecified atom stereocenters. The van der Waals surface area contributed by atoms with Gasteiger partial charge >= 0.3 is 0 Å². The van der Waals surface area contributed by atoms with Gasteiger partial charge < -0.3 is 0 Å². The summed E-state index contributed by atoms with van der Waals surface area (Å²) in [7, 11) is 0. The van der Waals surface area contributed by atoms with Crippen LogP contribution < -0.4 is 0 Å². The van der Waals surface area contributed by atoms with Crippen LogP contribution in [0, 0.1) is 105 Å². The predicted molar refractivity (Wildman–Crippen MR) is 177 cm³/mol. The van der Waals surface area contributed by atoms with Crippen LogP contribution in [0.1, 0.15) is 140 Å². The van der Waals surface area contributed by atoms with Crippen molar-refractivity contribution in [3.05, 3.63) is 12.2 Å². The van der Waals surface area contributed by atoms with E-state index < -0.39 is 0 Å². The lowest BCUT2D eigenvalue weighted by Crippen LogP contribution is -2.66. The molecule has 0 aliphatic heterocycles. The molecule has 0 aromatic carbocycles. The maximum Gasteiger partial charge on any atom is -0.0117 e. The van der Waals surface area contributed by atoms with Gasteiger partial charge in [-0.15, -0.1) is 0 Å². The highest BCUT2D eigenvalue weighted by Gasteiger charge is 2.68. The Kier molecular flexibility index (Phi) is 7.80. The molecule has 0 heterocycles. The zero-order valence-corrected chi connectivity index (χ0v) is 29.4. The first-order valence-electron chi connectivity index (χ1n) is 18.8. The van der Waals surface area contributed by atoms with Gasteiger partial charge in [0.15, 0.2) is 0 Å². The lowest BCUT2D eigenvalue weighted by atomic mass is 9.32. The third-order valence-electron chi connectivity index (χ3n) is 17.1. The molecular weight excluding hydrogens is 492 g/mol. The zero-order chi connectivity index (χ0) is 29.8. The summed E-state index contributed by atoms with van der Waals surface area (Å²) in [6, 6.07) is 0. The van der Waals surface area contributed by atoms with E-state index in [-0.39, 0.29) is 0 Å². The van der Waals surface area contributed by atoms with Crippen molar-refractivity contribution < 1.29 is 0 Å². The maximum atomic E-state index is 5.24. The van der Waals surface area contributed by atoms with Gasteiger partial charge in [0.25, 0.3) is 0 Å². The van der Waals surface area contributed by atoms with Gasteiger partial charge in [-0.2, -0.15) is 0 Å². The Hall–Kier alpha value is -0.260. The summed E-state index contributed by atoms with van der Waals surface area (Å²) in [5.41, 5.74) is 2.98. The average Bonchev–Trinajstić information content (AvgIpc) is 3.29. The fraction of sp³-hybridized carbons (Fsp3) is 0.951. The van der Waals surface area contributed by atoms with Gasteiger partial charge in [0, 0.05) is 0 Å². The molecule has 41 heavy (non-hydrogen) atoms. The number of hydrogen-bond acceptors (Lipinski definition) is 0. The van der Waals surface area contributed by atoms with Crippen molar-refractivity contribution in [2.75, 3.05) is 0 Å². The van der Waals surface area contributed by atoms with Crippen LogP contribution in [0.25, 0.3) is 0 Å². The predicted octanol–water partition coefficient (Wildman–Crippen LogP) is 11.9. The second kappa shape index (κ2) is 10.4. The van der Waals surface area contributed by atoms with E-state index >= 15 is 0 Å². The second-order valence-corrected chi connectivity index (χ2v) is 19.4. The molecule has 0 spiro atoms. The van der Waals surface area contributed by atoms with Crippen molar-refractivity contribution in [1.29, 1.82) is 0 Å². The van der Waals surface area contributed by atoms with Crippen LogP contribution in [-0.2, 0) is 0 Å². The van der Waals surface area contributed by atoms with Crippen molar-refractivity contribution in [2.24, 2.45) is 105 Å². The van der Waals surface area contributed by atoms with Crippen molar-refractivity contribution in [1.82, 2.24) is 0 Å². The van der Waals surface area contributed by atoms with E-state index in [1.165, 1.54) is 51.4 Å². The SMILES string of the molecule is C=C1C2C(C)C(C3CC4CCCCC4C3)CC(C(C)C)C2CC2(C)CC3(C)CC(C)C(C(C)C)C(C)C3(C)C(C)C12. The van der Waals surface area contributed by atoms with E-state index in [1.54, 1.807) is 18.4 Å². The monoisotopic (exact) mass is 563 g/mol. The number of hydrogen-bond donors (Lipinski definition) is 0. The Morgan fingerprint density at radius 3 is 1.90 bits per heavy atom. The highest BCUT2D eigenvalue weighted by molar-refractivity contribution is 5.27. The quantitative estimate of drug-likeness (QED) is 0.300. The molecule has 234 valence electrons. The highest BCUT2D eigenvalue weighted by Crippen LogP contribution is 2.75. The molecule has 0 bridgehead atoms. The average molecular weight is 563 g/mol. The summed E-state index contributed by atoms with van der Waals surface area (Å²) in [4.78, 5) is 0. The van der Waals surface area contributed by atoms with Gasteiger partial charge in [0.2, 0.25) is 0 Å². The van der Waals surface area contributed by atoms with Crippen molar-refractivity contribution in [3.8, 4) is 0 Å². The van der Waals surface area contributed by atoms with Crippen LogP contribution >= 0.6 is 0 Å². The van der Waals surface area contributed by atoms with Crippen molar-refractivity contribution in [3.63, 3.8) is 0 Å². The standard InChI is InChI=1S/C41H70/c1-23(2)33-19-34(32-17-30-15-13-14-16-31(30)18-32)26(6)37-27(7)38-29(9)41(12)28(8)36(24(3)4)25(5)20-40(41,11)22-39(38,10)21-35(33)37/h23-26,28-38H,7,13-22H2,1-6,8-12H3. The lowest BCUT2D eigenvalue weighted by Gasteiger charge is -2.72. The topological polar surface area (TPSA) is 0 Å². The molecule has 0 aromatic rings. The van der Waals surface area contributed by atoms with Crippen LogP contribution in [0.3, 0.4) is 0 Å². The van der Waals surface area contributed by atoms with E-state index in [0.29, 0.717) is 22.2 Å². The first-order valence-corrected chi connectivity index (χ1v) is 18.8. The molecule has 0 amide bonds. The number of rotatable bonds is 3. The van der Waals surface area contributed by atoms with E-state index in [9.17, 15) is 0 Å². The molecular formula is C41H70. The Labute approximate surface area is 257 Å². The summed E-state index contributed by atoms with van der Waals surface area (Å²) in [6.45, 7) is 34.5. The fourth-order valence-electron chi connectivity index (χ4n) is 15.7. The van der Waals surface area contributed by atoms with Crippen LogP contribution in [0.2, 0.25) is 0 Å². The smallest absolute Gasteiger partial charge is 0.0117 e. The van der Waals surface area contributed by atoms with E-state index in [1.807, 2.05) is 0 Å². The third kappa shape index (κ3) is 4.38. The Morgan fingerprint density at radius 1 is 0.732 bits per heavy atom. The van der Waals surface area contributed by atoms with Crippen LogP contribution in [0.5, 0.6) is 0 Å². The van der Waals surface area contributed by atoms with Crippen LogP contribution in [0.4, 0.5) is 0 Å². The van der Waals surface area contributed by atoms with Gasteiger partial charge in [-0.05, 0) is 144 Å². The second-order valence-electron chi connectivity index (χ2n) is 19.4. The zero-order valence-electron chi connectivity index (χ0n) is 29.4. The molecule has 6 fully saturated rings. The molecule has 0 heteroatoms. The maximum absolute atomic E-state index is 5.24. The van der Waals surface area contributed by atoms with Crippen molar-refractivity contribution in [2.45, 2.75) is 140 Å². The third-order valence-corrected chi connectivity index (χ3v) is 17.1. The van der Waals surface area contributed by atoms with Gasteiger partial charge in [-0.1, -0.05) is 114 Å². The van der Waals surface area contributed by atoms with E-state index in [4.69, 9.17) is 6.58 Å². The molecule has 0 radical (unpaired) electrons. The number of allylic oxidation sites excluding steroid dienone is 1. The summed E-state index contributed by atoms with van der Waals surface area (Å²) < 4.78 is 0. The van der Waals surface area contributed by atoms with Gasteiger partial charge in [-0.3, -0.25) is 0 Å². The molecule has 0 saturated heterocycles. The van der Waals surface area contributed by atoms with Crippen LogP contribution in [-0.4, -0.2) is 0 Å². The largest absolute Gasteiger partial charge is 0.0992 e. The van der Waals surface area contributed by atoms with Crippen LogP contribution in [0.15, 0.2) is 12.2 Å². The normalized spacial score (nSPS) is 57.2. The summed E-state index contributed by atoms with van der Waals surface area (Å²) in [6.07, 6.45) is 15.1. The minimum absolute atomic E-state index is 0.393. The molecule has 6 saturated carbocycles. The Balaban J connectivity index is 1.35. The first kappa shape index (κ1) is 30.8. The fourth-order valence-corrected chi connectivity index (χ4v) is 15.7. The highest BCUT2D eigenvalue weighted by atomic mass is 14.7. The molecule has 15 atom stereocenters. The molecule has 0 aromatic heterocycles.